The molecule has 0 N–H and O–H groups in total. The van der Waals surface area contributed by atoms with Gasteiger partial charge in [0.15, 0.2) is 0 Å². The van der Waals surface area contributed by atoms with Crippen molar-refractivity contribution in [1.29, 1.82) is 0 Å². The SMILES string of the molecule is c1ccc(-c2ccc(-c3ccc(N(c4cccc(-c5ccccc5)c4)c4cc5c6ccccc6ccc5c5ccccc45)cc3)cc2)cc1. The average molecular weight is 624 g/mol. The summed E-state index contributed by atoms with van der Waals surface area (Å²) < 4.78 is 0. The van der Waals surface area contributed by atoms with Crippen LogP contribution in [0.25, 0.3) is 65.7 Å². The second-order valence-electron chi connectivity index (χ2n) is 12.6. The lowest BCUT2D eigenvalue weighted by molar-refractivity contribution is 1.30. The van der Waals surface area contributed by atoms with Gasteiger partial charge in [-0.2, -0.15) is 0 Å². The van der Waals surface area contributed by atoms with Crippen molar-refractivity contribution in [3.63, 3.8) is 0 Å². The number of nitrogens with zero attached hydrogens (tertiary/aromatic N) is 1. The third-order valence-electron chi connectivity index (χ3n) is 9.65. The van der Waals surface area contributed by atoms with Crippen LogP contribution in [-0.4, -0.2) is 0 Å². The third-order valence-corrected chi connectivity index (χ3v) is 9.65. The second kappa shape index (κ2) is 12.3. The van der Waals surface area contributed by atoms with Crippen LogP contribution in [0.5, 0.6) is 0 Å². The molecule has 0 atom stereocenters. The molecular weight excluding hydrogens is 591 g/mol. The lowest BCUT2D eigenvalue weighted by atomic mass is 9.95. The van der Waals surface area contributed by atoms with Crippen LogP contribution in [0.3, 0.4) is 0 Å². The molecule has 0 aromatic heterocycles. The predicted octanol–water partition coefficient (Wildman–Crippen LogP) is 13.6. The van der Waals surface area contributed by atoms with Crippen LogP contribution in [0, 0.1) is 0 Å². The average Bonchev–Trinajstić information content (AvgIpc) is 3.19. The Morgan fingerprint density at radius 2 is 0.735 bits per heavy atom. The molecule has 0 unspecified atom stereocenters. The van der Waals surface area contributed by atoms with Crippen LogP contribution in [0.2, 0.25) is 0 Å². The third kappa shape index (κ3) is 5.32. The molecule has 49 heavy (non-hydrogen) atoms. The van der Waals surface area contributed by atoms with E-state index < -0.39 is 0 Å². The molecule has 0 amide bonds. The Morgan fingerprint density at radius 1 is 0.245 bits per heavy atom. The van der Waals surface area contributed by atoms with Gasteiger partial charge in [-0.15, -0.1) is 0 Å². The van der Waals surface area contributed by atoms with Gasteiger partial charge < -0.3 is 4.90 Å². The van der Waals surface area contributed by atoms with Gasteiger partial charge in [0.2, 0.25) is 0 Å². The Bertz CT molecular complexity index is 2570. The molecule has 1 heteroatoms. The van der Waals surface area contributed by atoms with Gasteiger partial charge in [-0.3, -0.25) is 0 Å². The summed E-state index contributed by atoms with van der Waals surface area (Å²) in [6.45, 7) is 0. The fourth-order valence-corrected chi connectivity index (χ4v) is 7.20. The first-order valence-electron chi connectivity index (χ1n) is 16.8. The topological polar surface area (TPSA) is 3.24 Å². The van der Waals surface area contributed by atoms with Crippen molar-refractivity contribution >= 4 is 49.4 Å². The zero-order valence-electron chi connectivity index (χ0n) is 27.0. The maximum Gasteiger partial charge on any atom is 0.0546 e. The van der Waals surface area contributed by atoms with Gasteiger partial charge >= 0.3 is 0 Å². The molecule has 0 spiro atoms. The molecule has 0 aliphatic heterocycles. The highest BCUT2D eigenvalue weighted by molar-refractivity contribution is 6.21. The van der Waals surface area contributed by atoms with Crippen molar-refractivity contribution in [1.82, 2.24) is 0 Å². The van der Waals surface area contributed by atoms with E-state index in [2.05, 4.69) is 205 Å². The molecule has 9 aromatic carbocycles. The molecule has 0 saturated heterocycles. The van der Waals surface area contributed by atoms with Crippen molar-refractivity contribution in [2.75, 3.05) is 4.90 Å². The summed E-state index contributed by atoms with van der Waals surface area (Å²) in [6, 6.07) is 72.4. The molecule has 0 aliphatic carbocycles. The second-order valence-corrected chi connectivity index (χ2v) is 12.6. The number of rotatable bonds is 6. The lowest BCUT2D eigenvalue weighted by Gasteiger charge is -2.28. The van der Waals surface area contributed by atoms with E-state index in [-0.39, 0.29) is 0 Å². The Morgan fingerprint density at radius 3 is 1.41 bits per heavy atom. The van der Waals surface area contributed by atoms with E-state index in [0.717, 1.165) is 17.1 Å². The minimum atomic E-state index is 1.11. The molecule has 0 bridgehead atoms. The number of anilines is 3. The standard InChI is InChI=1S/C48H33N/c1-3-12-34(13-4-1)36-22-24-37(25-23-36)38-26-29-41(30-27-38)49(42-18-11-17-40(32-42)35-14-5-2-6-15-35)48-33-47-43-19-8-7-16-39(43)28-31-45(47)44-20-9-10-21-46(44)48/h1-33H. The first-order valence-corrected chi connectivity index (χ1v) is 16.8. The molecule has 230 valence electrons. The Balaban J connectivity index is 1.22. The van der Waals surface area contributed by atoms with E-state index in [1.54, 1.807) is 0 Å². The molecule has 0 heterocycles. The van der Waals surface area contributed by atoms with E-state index in [1.165, 1.54) is 65.7 Å². The number of hydrogen-bond donors (Lipinski definition) is 0. The summed E-state index contributed by atoms with van der Waals surface area (Å²) >= 11 is 0. The largest absolute Gasteiger partial charge is 0.310 e. The van der Waals surface area contributed by atoms with Crippen molar-refractivity contribution in [3.05, 3.63) is 200 Å². The summed E-state index contributed by atoms with van der Waals surface area (Å²) in [7, 11) is 0. The Labute approximate surface area is 287 Å². The Kier molecular flexibility index (Phi) is 7.22. The van der Waals surface area contributed by atoms with Crippen LogP contribution in [0.1, 0.15) is 0 Å². The number of fused-ring (bicyclic) bond motifs is 5. The minimum Gasteiger partial charge on any atom is -0.310 e. The van der Waals surface area contributed by atoms with Gasteiger partial charge in [-0.05, 0) is 90.6 Å². The van der Waals surface area contributed by atoms with Crippen molar-refractivity contribution in [2.24, 2.45) is 0 Å². The van der Waals surface area contributed by atoms with Crippen LogP contribution in [0.15, 0.2) is 200 Å². The minimum absolute atomic E-state index is 1.11. The summed E-state index contributed by atoms with van der Waals surface area (Å²) in [5.74, 6) is 0. The van der Waals surface area contributed by atoms with Gasteiger partial charge in [-0.1, -0.05) is 170 Å². The number of hydrogen-bond acceptors (Lipinski definition) is 1. The molecule has 1 nitrogen and oxygen atoms in total. The van der Waals surface area contributed by atoms with Crippen molar-refractivity contribution < 1.29 is 0 Å². The van der Waals surface area contributed by atoms with E-state index in [0.29, 0.717) is 0 Å². The van der Waals surface area contributed by atoms with Gasteiger partial charge in [0.25, 0.3) is 0 Å². The molecule has 0 aliphatic rings. The summed E-state index contributed by atoms with van der Waals surface area (Å²) in [5, 5.41) is 7.50. The molecule has 9 rings (SSSR count). The maximum atomic E-state index is 2.43. The molecule has 0 fully saturated rings. The van der Waals surface area contributed by atoms with E-state index in [9.17, 15) is 0 Å². The van der Waals surface area contributed by atoms with Crippen LogP contribution < -0.4 is 4.90 Å². The zero-order chi connectivity index (χ0) is 32.6. The highest BCUT2D eigenvalue weighted by atomic mass is 15.1. The number of benzene rings is 9. The highest BCUT2D eigenvalue weighted by Crippen LogP contribution is 2.44. The van der Waals surface area contributed by atoms with Gasteiger partial charge in [0, 0.05) is 16.8 Å². The first-order chi connectivity index (χ1) is 24.3. The zero-order valence-corrected chi connectivity index (χ0v) is 27.0. The molecule has 9 aromatic rings. The van der Waals surface area contributed by atoms with Crippen molar-refractivity contribution in [3.8, 4) is 33.4 Å². The monoisotopic (exact) mass is 623 g/mol. The van der Waals surface area contributed by atoms with E-state index >= 15 is 0 Å². The van der Waals surface area contributed by atoms with Crippen LogP contribution >= 0.6 is 0 Å². The predicted molar refractivity (Wildman–Crippen MR) is 210 cm³/mol. The molecule has 0 saturated carbocycles. The normalized spacial score (nSPS) is 11.3. The van der Waals surface area contributed by atoms with Crippen LogP contribution in [-0.2, 0) is 0 Å². The molecular formula is C48H33N. The molecule has 0 radical (unpaired) electrons. The fourth-order valence-electron chi connectivity index (χ4n) is 7.20. The van der Waals surface area contributed by atoms with E-state index in [4.69, 9.17) is 0 Å². The van der Waals surface area contributed by atoms with E-state index in [1.807, 2.05) is 0 Å². The van der Waals surface area contributed by atoms with Gasteiger partial charge in [0.05, 0.1) is 5.69 Å². The fraction of sp³-hybridized carbons (Fsp3) is 0. The summed E-state index contributed by atoms with van der Waals surface area (Å²) in [5.41, 5.74) is 10.6. The smallest absolute Gasteiger partial charge is 0.0546 e. The first kappa shape index (κ1) is 28.8. The summed E-state index contributed by atoms with van der Waals surface area (Å²) in [4.78, 5) is 2.43. The van der Waals surface area contributed by atoms with Gasteiger partial charge in [0.1, 0.15) is 0 Å². The quantitative estimate of drug-likeness (QED) is 0.167. The Hall–Kier alpha value is -6.44. The summed E-state index contributed by atoms with van der Waals surface area (Å²) in [6.07, 6.45) is 0. The highest BCUT2D eigenvalue weighted by Gasteiger charge is 2.19. The lowest BCUT2D eigenvalue weighted by Crippen LogP contribution is -2.11. The maximum absolute atomic E-state index is 2.43. The van der Waals surface area contributed by atoms with Gasteiger partial charge in [-0.25, -0.2) is 0 Å². The van der Waals surface area contributed by atoms with Crippen molar-refractivity contribution in [2.45, 2.75) is 0 Å². The van der Waals surface area contributed by atoms with Crippen LogP contribution in [0.4, 0.5) is 17.1 Å².